The maximum Gasteiger partial charge on any atom is 0.132 e. The van der Waals surface area contributed by atoms with Crippen molar-refractivity contribution >= 4 is 5.69 Å². The molecule has 0 aliphatic rings. The molecule has 1 atom stereocenters. The SMILES string of the molecule is COc1cccc(F)c1C(C)Nc1cnccc1C. The number of methoxy groups -OCH3 is 1. The summed E-state index contributed by atoms with van der Waals surface area (Å²) in [6, 6.07) is 6.53. The first-order valence-electron chi connectivity index (χ1n) is 6.13. The molecule has 0 saturated carbocycles. The Bertz CT molecular complexity index is 572. The highest BCUT2D eigenvalue weighted by Gasteiger charge is 2.16. The van der Waals surface area contributed by atoms with Gasteiger partial charge in [-0.2, -0.15) is 0 Å². The van der Waals surface area contributed by atoms with Crippen molar-refractivity contribution in [1.29, 1.82) is 0 Å². The maximum atomic E-state index is 14.0. The Labute approximate surface area is 112 Å². The summed E-state index contributed by atoms with van der Waals surface area (Å²) in [6.45, 7) is 3.88. The highest BCUT2D eigenvalue weighted by atomic mass is 19.1. The molecule has 2 aromatic rings. The molecule has 0 aliphatic carbocycles. The third-order valence-corrected chi connectivity index (χ3v) is 3.08. The van der Waals surface area contributed by atoms with E-state index in [-0.39, 0.29) is 11.9 Å². The van der Waals surface area contributed by atoms with Gasteiger partial charge in [-0.1, -0.05) is 6.07 Å². The van der Waals surface area contributed by atoms with E-state index >= 15 is 0 Å². The molecule has 1 aromatic heterocycles. The zero-order chi connectivity index (χ0) is 13.8. The molecule has 2 rings (SSSR count). The van der Waals surface area contributed by atoms with Gasteiger partial charge in [0, 0.05) is 6.20 Å². The van der Waals surface area contributed by atoms with Crippen LogP contribution in [0.15, 0.2) is 36.7 Å². The minimum atomic E-state index is -0.277. The first-order valence-corrected chi connectivity index (χ1v) is 6.13. The van der Waals surface area contributed by atoms with Crippen molar-refractivity contribution in [1.82, 2.24) is 4.98 Å². The smallest absolute Gasteiger partial charge is 0.132 e. The highest BCUT2D eigenvalue weighted by molar-refractivity contribution is 5.51. The number of nitrogens with zero attached hydrogens (tertiary/aromatic N) is 1. The van der Waals surface area contributed by atoms with E-state index in [1.165, 1.54) is 6.07 Å². The van der Waals surface area contributed by atoms with Crippen molar-refractivity contribution in [2.45, 2.75) is 19.9 Å². The number of halogens is 1. The van der Waals surface area contributed by atoms with E-state index in [1.54, 1.807) is 31.6 Å². The lowest BCUT2D eigenvalue weighted by atomic mass is 10.1. The molecule has 0 saturated heterocycles. The molecular weight excluding hydrogens is 243 g/mol. The average Bonchev–Trinajstić information content (AvgIpc) is 2.40. The lowest BCUT2D eigenvalue weighted by Gasteiger charge is -2.19. The molecule has 0 amide bonds. The minimum Gasteiger partial charge on any atom is -0.496 e. The molecular formula is C15H17FN2O. The second-order valence-corrected chi connectivity index (χ2v) is 4.41. The van der Waals surface area contributed by atoms with Gasteiger partial charge in [0.15, 0.2) is 0 Å². The Morgan fingerprint density at radius 2 is 2.11 bits per heavy atom. The molecule has 0 fully saturated rings. The van der Waals surface area contributed by atoms with Gasteiger partial charge in [0.2, 0.25) is 0 Å². The molecule has 1 heterocycles. The van der Waals surface area contributed by atoms with Crippen LogP contribution in [-0.4, -0.2) is 12.1 Å². The number of nitrogens with one attached hydrogen (secondary N) is 1. The van der Waals surface area contributed by atoms with Crippen molar-refractivity contribution in [3.8, 4) is 5.75 Å². The van der Waals surface area contributed by atoms with Gasteiger partial charge in [0.05, 0.1) is 30.6 Å². The first kappa shape index (κ1) is 13.3. The predicted octanol–water partition coefficient (Wildman–Crippen LogP) is 3.71. The topological polar surface area (TPSA) is 34.1 Å². The summed E-state index contributed by atoms with van der Waals surface area (Å²) >= 11 is 0. The van der Waals surface area contributed by atoms with E-state index in [0.717, 1.165) is 11.3 Å². The van der Waals surface area contributed by atoms with Crippen LogP contribution in [0.4, 0.5) is 10.1 Å². The van der Waals surface area contributed by atoms with Crippen molar-refractivity contribution in [3.05, 3.63) is 53.6 Å². The Morgan fingerprint density at radius 3 is 2.79 bits per heavy atom. The molecule has 1 unspecified atom stereocenters. The van der Waals surface area contributed by atoms with Crippen molar-refractivity contribution in [2.24, 2.45) is 0 Å². The third kappa shape index (κ3) is 2.84. The van der Waals surface area contributed by atoms with Gasteiger partial charge in [-0.3, -0.25) is 4.98 Å². The largest absolute Gasteiger partial charge is 0.496 e. The number of hydrogen-bond donors (Lipinski definition) is 1. The Balaban J connectivity index is 2.30. The minimum absolute atomic E-state index is 0.209. The fourth-order valence-electron chi connectivity index (χ4n) is 2.04. The number of hydrogen-bond acceptors (Lipinski definition) is 3. The van der Waals surface area contributed by atoms with Crippen LogP contribution in [0.25, 0.3) is 0 Å². The van der Waals surface area contributed by atoms with Crippen LogP contribution >= 0.6 is 0 Å². The van der Waals surface area contributed by atoms with Crippen molar-refractivity contribution in [3.63, 3.8) is 0 Å². The van der Waals surface area contributed by atoms with Gasteiger partial charge in [0.1, 0.15) is 11.6 Å². The number of aromatic nitrogens is 1. The summed E-state index contributed by atoms with van der Waals surface area (Å²) in [4.78, 5) is 4.07. The fraction of sp³-hybridized carbons (Fsp3) is 0.267. The van der Waals surface area contributed by atoms with Crippen molar-refractivity contribution < 1.29 is 9.13 Å². The van der Waals surface area contributed by atoms with Gasteiger partial charge in [-0.05, 0) is 37.6 Å². The number of aryl methyl sites for hydroxylation is 1. The Kier molecular flexibility index (Phi) is 4.00. The van der Waals surface area contributed by atoms with Crippen LogP contribution in [0, 0.1) is 12.7 Å². The molecule has 1 N–H and O–H groups in total. The quantitative estimate of drug-likeness (QED) is 0.910. The predicted molar refractivity (Wildman–Crippen MR) is 74.0 cm³/mol. The summed E-state index contributed by atoms with van der Waals surface area (Å²) in [5.41, 5.74) is 2.48. The fourth-order valence-corrected chi connectivity index (χ4v) is 2.04. The maximum absolute atomic E-state index is 14.0. The molecule has 0 spiro atoms. The summed E-state index contributed by atoms with van der Waals surface area (Å²) < 4.78 is 19.2. The molecule has 1 aromatic carbocycles. The van der Waals surface area contributed by atoms with Gasteiger partial charge >= 0.3 is 0 Å². The standard InChI is InChI=1S/C15H17FN2O/c1-10-7-8-17-9-13(10)18-11(2)15-12(16)5-4-6-14(15)19-3/h4-9,11,18H,1-3H3. The molecule has 3 nitrogen and oxygen atoms in total. The Morgan fingerprint density at radius 1 is 1.32 bits per heavy atom. The molecule has 19 heavy (non-hydrogen) atoms. The first-order chi connectivity index (χ1) is 9.13. The molecule has 0 aliphatic heterocycles. The normalized spacial score (nSPS) is 12.0. The lowest BCUT2D eigenvalue weighted by Crippen LogP contribution is -2.11. The summed E-state index contributed by atoms with van der Waals surface area (Å²) in [5, 5.41) is 3.26. The Hall–Kier alpha value is -2.10. The highest BCUT2D eigenvalue weighted by Crippen LogP contribution is 2.30. The van der Waals surface area contributed by atoms with Gasteiger partial charge in [-0.15, -0.1) is 0 Å². The lowest BCUT2D eigenvalue weighted by molar-refractivity contribution is 0.402. The van der Waals surface area contributed by atoms with E-state index in [2.05, 4.69) is 10.3 Å². The third-order valence-electron chi connectivity index (χ3n) is 3.08. The van der Waals surface area contributed by atoms with Crippen LogP contribution in [0.1, 0.15) is 24.1 Å². The summed E-state index contributed by atoms with van der Waals surface area (Å²) in [7, 11) is 1.54. The van der Waals surface area contributed by atoms with Crippen LogP contribution < -0.4 is 10.1 Å². The van der Waals surface area contributed by atoms with E-state index in [4.69, 9.17) is 4.74 Å². The summed E-state index contributed by atoms with van der Waals surface area (Å²) in [6.07, 6.45) is 3.47. The molecule has 0 radical (unpaired) electrons. The van der Waals surface area contributed by atoms with Gasteiger partial charge < -0.3 is 10.1 Å². The van der Waals surface area contributed by atoms with E-state index in [1.807, 2.05) is 19.9 Å². The number of pyridine rings is 1. The average molecular weight is 260 g/mol. The van der Waals surface area contributed by atoms with Crippen LogP contribution in [0.5, 0.6) is 5.75 Å². The van der Waals surface area contributed by atoms with Crippen molar-refractivity contribution in [2.75, 3.05) is 12.4 Å². The second kappa shape index (κ2) is 5.69. The zero-order valence-electron chi connectivity index (χ0n) is 11.3. The van der Waals surface area contributed by atoms with E-state index < -0.39 is 0 Å². The number of anilines is 1. The molecule has 0 bridgehead atoms. The van der Waals surface area contributed by atoms with Gasteiger partial charge in [-0.25, -0.2) is 4.39 Å². The van der Waals surface area contributed by atoms with Crippen LogP contribution in [-0.2, 0) is 0 Å². The number of benzene rings is 1. The molecule has 4 heteroatoms. The molecule has 100 valence electrons. The number of rotatable bonds is 4. The van der Waals surface area contributed by atoms with Crippen LogP contribution in [0.3, 0.4) is 0 Å². The van der Waals surface area contributed by atoms with Gasteiger partial charge in [0.25, 0.3) is 0 Å². The summed E-state index contributed by atoms with van der Waals surface area (Å²) in [5.74, 6) is 0.266. The zero-order valence-corrected chi connectivity index (χ0v) is 11.3. The monoisotopic (exact) mass is 260 g/mol. The van der Waals surface area contributed by atoms with Crippen LogP contribution in [0.2, 0.25) is 0 Å². The second-order valence-electron chi connectivity index (χ2n) is 4.41. The van der Waals surface area contributed by atoms with E-state index in [0.29, 0.717) is 11.3 Å². The van der Waals surface area contributed by atoms with E-state index in [9.17, 15) is 4.39 Å². The number of ether oxygens (including phenoxy) is 1.